The van der Waals surface area contributed by atoms with Crippen molar-refractivity contribution in [2.75, 3.05) is 5.32 Å². The van der Waals surface area contributed by atoms with Crippen LogP contribution >= 0.6 is 15.9 Å². The van der Waals surface area contributed by atoms with E-state index in [1.165, 1.54) is 0 Å². The zero-order chi connectivity index (χ0) is 26.0. The van der Waals surface area contributed by atoms with Crippen molar-refractivity contribution >= 4 is 27.2 Å². The van der Waals surface area contributed by atoms with Crippen LogP contribution in [-0.2, 0) is 6.18 Å². The van der Waals surface area contributed by atoms with E-state index in [-0.39, 0.29) is 28.0 Å². The van der Waals surface area contributed by atoms with Gasteiger partial charge in [-0.2, -0.15) is 23.6 Å². The molecule has 0 fully saturated rings. The number of benzene rings is 2. The summed E-state index contributed by atoms with van der Waals surface area (Å²) in [5.41, 5.74) is -2.36. The van der Waals surface area contributed by atoms with Gasteiger partial charge in [-0.15, -0.1) is 23.4 Å². The molecule has 0 bridgehead atoms. The number of ether oxygens (including phenoxy) is 2. The summed E-state index contributed by atoms with van der Waals surface area (Å²) >= 11 is 2.86. The van der Waals surface area contributed by atoms with Crippen LogP contribution in [0.1, 0.15) is 11.4 Å². The highest BCUT2D eigenvalue weighted by molar-refractivity contribution is 9.10. The Hall–Kier alpha value is -3.94. The Bertz CT molecular complexity index is 1280. The van der Waals surface area contributed by atoms with Gasteiger partial charge in [0.05, 0.1) is 15.7 Å². The van der Waals surface area contributed by atoms with Crippen molar-refractivity contribution in [1.82, 2.24) is 20.6 Å². The summed E-state index contributed by atoms with van der Waals surface area (Å²) in [5, 5.41) is 24.0. The average Bonchev–Trinajstić information content (AvgIpc) is 3.25. The van der Waals surface area contributed by atoms with E-state index in [1.807, 2.05) is 0 Å². The van der Waals surface area contributed by atoms with Crippen molar-refractivity contribution in [3.8, 4) is 23.3 Å². The van der Waals surface area contributed by atoms with E-state index in [1.54, 1.807) is 6.07 Å². The molecular formula is C18H7BrF8N6O2. The van der Waals surface area contributed by atoms with Crippen LogP contribution in [0.5, 0.6) is 17.2 Å². The lowest BCUT2D eigenvalue weighted by molar-refractivity contribution is -0.274. The third-order valence-electron chi connectivity index (χ3n) is 3.86. The van der Waals surface area contributed by atoms with Crippen molar-refractivity contribution in [1.29, 1.82) is 5.26 Å². The van der Waals surface area contributed by atoms with Gasteiger partial charge in [0.1, 0.15) is 17.4 Å². The maximum Gasteiger partial charge on any atom is 0.573 e. The highest BCUT2D eigenvalue weighted by Gasteiger charge is 2.34. The minimum absolute atomic E-state index is 0.0233. The lowest BCUT2D eigenvalue weighted by Gasteiger charge is -2.17. The van der Waals surface area contributed by atoms with Gasteiger partial charge >= 0.3 is 12.5 Å². The van der Waals surface area contributed by atoms with E-state index >= 15 is 0 Å². The number of nitrogens with zero attached hydrogens (tertiary/aromatic N) is 4. The largest absolute Gasteiger partial charge is 0.573 e. The summed E-state index contributed by atoms with van der Waals surface area (Å²) in [4.78, 5) is 0. The molecule has 3 aromatic rings. The zero-order valence-electron chi connectivity index (χ0n) is 16.4. The third-order valence-corrected chi connectivity index (χ3v) is 4.45. The maximum atomic E-state index is 14.3. The molecule has 0 saturated heterocycles. The number of alkyl halides is 6. The molecule has 2 aromatic carbocycles. The molecular weight excluding hydrogens is 564 g/mol. The molecule has 1 aromatic heterocycles. The molecule has 8 nitrogen and oxygen atoms in total. The molecule has 0 radical (unpaired) electrons. The number of halogens is 9. The number of rotatable bonds is 6. The highest BCUT2D eigenvalue weighted by atomic mass is 79.9. The SMILES string of the molecule is N#CC(=CNc1cc(OC(F)(F)F)cc(Br)c1Oc1c(F)cc(C(F)(F)F)cc1F)c1nn[nH]n1. The molecule has 0 amide bonds. The van der Waals surface area contributed by atoms with Gasteiger partial charge < -0.3 is 14.8 Å². The minimum Gasteiger partial charge on any atom is -0.448 e. The number of nitriles is 1. The van der Waals surface area contributed by atoms with Crippen LogP contribution in [0.25, 0.3) is 5.57 Å². The standard InChI is InChI=1S/C18H7BrF8N6O2/c19-10-3-9(35-18(25,26)27)4-13(29-6-7(5-28)16-30-32-33-31-16)14(10)34-15-11(20)1-8(2-12(15)21)17(22,23)24/h1-4,6,29H,(H,30,31,32,33). The molecule has 35 heavy (non-hydrogen) atoms. The normalized spacial score (nSPS) is 12.3. The maximum absolute atomic E-state index is 14.3. The summed E-state index contributed by atoms with van der Waals surface area (Å²) < 4.78 is 114. The first kappa shape index (κ1) is 25.7. The first-order valence-electron chi connectivity index (χ1n) is 8.72. The molecule has 0 spiro atoms. The Morgan fingerprint density at radius 1 is 1.06 bits per heavy atom. The van der Waals surface area contributed by atoms with Gasteiger partial charge in [0.15, 0.2) is 23.1 Å². The van der Waals surface area contributed by atoms with Gasteiger partial charge in [-0.3, -0.25) is 0 Å². The fraction of sp³-hybridized carbons (Fsp3) is 0.111. The Morgan fingerprint density at radius 3 is 2.23 bits per heavy atom. The lowest BCUT2D eigenvalue weighted by Crippen LogP contribution is -2.17. The van der Waals surface area contributed by atoms with Crippen LogP contribution < -0.4 is 14.8 Å². The Balaban J connectivity index is 2.08. The number of tetrazole rings is 1. The van der Waals surface area contributed by atoms with E-state index in [0.29, 0.717) is 6.07 Å². The summed E-state index contributed by atoms with van der Waals surface area (Å²) in [6, 6.07) is 3.04. The fourth-order valence-electron chi connectivity index (χ4n) is 2.47. The summed E-state index contributed by atoms with van der Waals surface area (Å²) in [6.45, 7) is 0. The summed E-state index contributed by atoms with van der Waals surface area (Å²) in [6.07, 6.45) is -9.28. The van der Waals surface area contributed by atoms with Crippen LogP contribution in [0, 0.1) is 23.0 Å². The van der Waals surface area contributed by atoms with Crippen molar-refractivity contribution in [3.05, 3.63) is 58.0 Å². The van der Waals surface area contributed by atoms with E-state index in [9.17, 15) is 40.4 Å². The van der Waals surface area contributed by atoms with E-state index in [4.69, 9.17) is 4.74 Å². The number of hydrogen-bond donors (Lipinski definition) is 2. The number of H-pyrrole nitrogens is 1. The van der Waals surface area contributed by atoms with E-state index in [2.05, 4.69) is 46.6 Å². The van der Waals surface area contributed by atoms with Crippen LogP contribution in [-0.4, -0.2) is 27.0 Å². The predicted molar refractivity (Wildman–Crippen MR) is 104 cm³/mol. The zero-order valence-corrected chi connectivity index (χ0v) is 18.0. The quantitative estimate of drug-likeness (QED) is 0.279. The predicted octanol–water partition coefficient (Wildman–Crippen LogP) is 5.93. The van der Waals surface area contributed by atoms with E-state index < -0.39 is 52.7 Å². The molecule has 17 heteroatoms. The Kier molecular flexibility index (Phi) is 7.14. The molecule has 184 valence electrons. The van der Waals surface area contributed by atoms with E-state index in [0.717, 1.165) is 12.3 Å². The Morgan fingerprint density at radius 2 is 1.71 bits per heavy atom. The number of aromatic nitrogens is 4. The number of hydrogen-bond acceptors (Lipinski definition) is 7. The molecule has 3 rings (SSSR count). The molecule has 1 heterocycles. The fourth-order valence-corrected chi connectivity index (χ4v) is 2.99. The highest BCUT2D eigenvalue weighted by Crippen LogP contribution is 2.43. The first-order valence-corrected chi connectivity index (χ1v) is 9.52. The second-order valence-corrected chi connectivity index (χ2v) is 7.10. The molecule has 0 aliphatic carbocycles. The van der Waals surface area contributed by atoms with Gasteiger partial charge in [0.25, 0.3) is 0 Å². The molecule has 0 atom stereocenters. The van der Waals surface area contributed by atoms with Gasteiger partial charge in [-0.05, 0) is 39.3 Å². The van der Waals surface area contributed by atoms with Crippen molar-refractivity contribution in [2.45, 2.75) is 12.5 Å². The Labute approximate surface area is 197 Å². The minimum atomic E-state index is -5.12. The number of anilines is 1. The van der Waals surface area contributed by atoms with Gasteiger partial charge in [-0.25, -0.2) is 8.78 Å². The summed E-state index contributed by atoms with van der Waals surface area (Å²) in [7, 11) is 0. The van der Waals surface area contributed by atoms with Gasteiger partial charge in [0.2, 0.25) is 5.82 Å². The molecule has 0 aliphatic rings. The second kappa shape index (κ2) is 9.74. The molecule has 0 unspecified atom stereocenters. The second-order valence-electron chi connectivity index (χ2n) is 6.25. The smallest absolute Gasteiger partial charge is 0.448 e. The number of aromatic amines is 1. The van der Waals surface area contributed by atoms with Crippen molar-refractivity contribution in [2.24, 2.45) is 0 Å². The van der Waals surface area contributed by atoms with Gasteiger partial charge in [-0.1, -0.05) is 0 Å². The number of nitrogens with one attached hydrogen (secondary N) is 2. The first-order chi connectivity index (χ1) is 16.3. The van der Waals surface area contributed by atoms with Crippen molar-refractivity contribution < 1.29 is 44.6 Å². The summed E-state index contributed by atoms with van der Waals surface area (Å²) in [5.74, 6) is -6.38. The van der Waals surface area contributed by atoms with Crippen LogP contribution in [0.4, 0.5) is 40.8 Å². The monoisotopic (exact) mass is 570 g/mol. The van der Waals surface area contributed by atoms with Crippen LogP contribution in [0.2, 0.25) is 0 Å². The van der Waals surface area contributed by atoms with Crippen molar-refractivity contribution in [3.63, 3.8) is 0 Å². The molecule has 0 saturated carbocycles. The van der Waals surface area contributed by atoms with Crippen LogP contribution in [0.15, 0.2) is 34.9 Å². The average molecular weight is 571 g/mol. The molecule has 2 N–H and O–H groups in total. The van der Waals surface area contributed by atoms with Crippen LogP contribution in [0.3, 0.4) is 0 Å². The topological polar surface area (TPSA) is 109 Å². The third kappa shape index (κ3) is 6.35. The lowest BCUT2D eigenvalue weighted by atomic mass is 10.2. The number of allylic oxidation sites excluding steroid dienone is 1. The molecule has 0 aliphatic heterocycles. The van der Waals surface area contributed by atoms with Gasteiger partial charge in [0, 0.05) is 12.3 Å².